The molecule has 0 bridgehead atoms. The molecule has 0 radical (unpaired) electrons. The zero-order chi connectivity index (χ0) is 14.4. The number of carbonyl (C=O) groups excluding carboxylic acids is 4. The van der Waals surface area contributed by atoms with Crippen LogP contribution in [0, 0.1) is 5.92 Å². The van der Waals surface area contributed by atoms with Crippen molar-refractivity contribution in [1.29, 1.82) is 0 Å². The second kappa shape index (κ2) is 13.3. The highest BCUT2D eigenvalue weighted by Crippen LogP contribution is 1.97. The molecule has 0 aliphatic rings. The van der Waals surface area contributed by atoms with Crippen LogP contribution in [0.5, 0.6) is 0 Å². The lowest BCUT2D eigenvalue weighted by Gasteiger charge is -1.98. The molecule has 6 heteroatoms. The summed E-state index contributed by atoms with van der Waals surface area (Å²) in [6.45, 7) is 1.67. The van der Waals surface area contributed by atoms with E-state index in [2.05, 4.69) is 9.47 Å². The molecule has 0 saturated carbocycles. The van der Waals surface area contributed by atoms with Crippen LogP contribution in [0.2, 0.25) is 0 Å². The lowest BCUT2D eigenvalue weighted by molar-refractivity contribution is -0.142. The van der Waals surface area contributed by atoms with E-state index in [4.69, 9.17) is 0 Å². The Hall–Kier alpha value is -1.72. The summed E-state index contributed by atoms with van der Waals surface area (Å²) in [5, 5.41) is 0. The molecule has 0 amide bonds. The second-order valence-electron chi connectivity index (χ2n) is 3.53. The molecule has 0 aliphatic carbocycles. The summed E-state index contributed by atoms with van der Waals surface area (Å²) in [5.74, 6) is -0.816. The number of hydrogen-bond acceptors (Lipinski definition) is 6. The summed E-state index contributed by atoms with van der Waals surface area (Å²) < 4.78 is 8.67. The monoisotopic (exact) mass is 260 g/mol. The van der Waals surface area contributed by atoms with Gasteiger partial charge in [-0.3, -0.25) is 9.59 Å². The lowest BCUT2D eigenvalue weighted by Crippen LogP contribution is -2.07. The van der Waals surface area contributed by atoms with E-state index in [0.717, 1.165) is 12.6 Å². The highest BCUT2D eigenvalue weighted by molar-refractivity contribution is 5.73. The van der Waals surface area contributed by atoms with Crippen molar-refractivity contribution in [3.8, 4) is 0 Å². The Labute approximate surface area is 107 Å². The number of esters is 2. The summed E-state index contributed by atoms with van der Waals surface area (Å²) in [7, 11) is 2.64. The number of aldehydes is 2. The van der Waals surface area contributed by atoms with E-state index in [0.29, 0.717) is 19.3 Å². The molecule has 0 aromatic rings. The fourth-order valence-corrected chi connectivity index (χ4v) is 0.826. The van der Waals surface area contributed by atoms with Gasteiger partial charge in [0.15, 0.2) is 0 Å². The van der Waals surface area contributed by atoms with Crippen LogP contribution in [0.3, 0.4) is 0 Å². The van der Waals surface area contributed by atoms with Crippen LogP contribution in [-0.2, 0) is 28.7 Å². The zero-order valence-corrected chi connectivity index (χ0v) is 11.0. The third-order valence-electron chi connectivity index (χ3n) is 1.88. The highest BCUT2D eigenvalue weighted by atomic mass is 16.5. The second-order valence-corrected chi connectivity index (χ2v) is 3.53. The van der Waals surface area contributed by atoms with Gasteiger partial charge in [-0.05, 0) is 6.42 Å². The molecule has 0 aliphatic heterocycles. The molecule has 1 unspecified atom stereocenters. The minimum atomic E-state index is -0.338. The van der Waals surface area contributed by atoms with E-state index in [1.54, 1.807) is 6.92 Å². The summed E-state index contributed by atoms with van der Waals surface area (Å²) >= 11 is 0. The van der Waals surface area contributed by atoms with Crippen molar-refractivity contribution in [2.75, 3.05) is 14.2 Å². The van der Waals surface area contributed by atoms with Gasteiger partial charge in [-0.1, -0.05) is 6.92 Å². The maximum atomic E-state index is 10.4. The molecule has 6 nitrogen and oxygen atoms in total. The van der Waals surface area contributed by atoms with Gasteiger partial charge in [0.1, 0.15) is 12.6 Å². The quantitative estimate of drug-likeness (QED) is 0.384. The smallest absolute Gasteiger partial charge is 0.306 e. The number of unbranched alkanes of at least 4 members (excludes halogenated alkanes) is 1. The standard InChI is InChI=1S/2C6H10O3/c1-5(4-7)3-6(8)9-2;1-9-6(8)4-2-3-5-7/h4-5H,3H2,1-2H3;5H,2-4H2,1H3. The first-order valence-electron chi connectivity index (χ1n) is 5.54. The molecule has 0 N–H and O–H groups in total. The predicted molar refractivity (Wildman–Crippen MR) is 63.8 cm³/mol. The molecule has 104 valence electrons. The molecule has 0 aromatic heterocycles. The van der Waals surface area contributed by atoms with Gasteiger partial charge >= 0.3 is 11.9 Å². The van der Waals surface area contributed by atoms with Gasteiger partial charge in [-0.15, -0.1) is 0 Å². The van der Waals surface area contributed by atoms with Gasteiger partial charge in [0.2, 0.25) is 0 Å². The SMILES string of the molecule is COC(=O)CC(C)C=O.COC(=O)CCCC=O. The highest BCUT2D eigenvalue weighted by Gasteiger charge is 2.06. The van der Waals surface area contributed by atoms with Crippen LogP contribution in [0.1, 0.15) is 32.6 Å². The Morgan fingerprint density at radius 1 is 1.11 bits per heavy atom. The Kier molecular flexibility index (Phi) is 13.8. The zero-order valence-electron chi connectivity index (χ0n) is 11.0. The summed E-state index contributed by atoms with van der Waals surface area (Å²) in [6.07, 6.45) is 3.08. The summed E-state index contributed by atoms with van der Waals surface area (Å²) in [4.78, 5) is 40.4. The number of hydrogen-bond donors (Lipinski definition) is 0. The van der Waals surface area contributed by atoms with Crippen LogP contribution in [0.4, 0.5) is 0 Å². The molecule has 18 heavy (non-hydrogen) atoms. The van der Waals surface area contributed by atoms with Crippen molar-refractivity contribution in [2.24, 2.45) is 5.92 Å². The van der Waals surface area contributed by atoms with E-state index in [1.165, 1.54) is 14.2 Å². The largest absolute Gasteiger partial charge is 0.469 e. The van der Waals surface area contributed by atoms with Crippen molar-refractivity contribution in [3.63, 3.8) is 0 Å². The van der Waals surface area contributed by atoms with Crippen molar-refractivity contribution in [2.45, 2.75) is 32.6 Å². The Morgan fingerprint density at radius 2 is 1.67 bits per heavy atom. The fraction of sp³-hybridized carbons (Fsp3) is 0.667. The Balaban J connectivity index is 0. The third kappa shape index (κ3) is 14.3. The van der Waals surface area contributed by atoms with Crippen molar-refractivity contribution in [1.82, 2.24) is 0 Å². The maximum absolute atomic E-state index is 10.4. The van der Waals surface area contributed by atoms with E-state index in [-0.39, 0.29) is 24.3 Å². The number of carbonyl (C=O) groups is 4. The van der Waals surface area contributed by atoms with E-state index in [9.17, 15) is 19.2 Å². The van der Waals surface area contributed by atoms with Crippen LogP contribution in [0.25, 0.3) is 0 Å². The van der Waals surface area contributed by atoms with Crippen LogP contribution >= 0.6 is 0 Å². The first-order valence-corrected chi connectivity index (χ1v) is 5.54. The fourth-order valence-electron chi connectivity index (χ4n) is 0.826. The number of methoxy groups -OCH3 is 2. The average molecular weight is 260 g/mol. The Morgan fingerprint density at radius 3 is 2.06 bits per heavy atom. The molecule has 0 rings (SSSR count). The van der Waals surface area contributed by atoms with Gasteiger partial charge in [-0.2, -0.15) is 0 Å². The van der Waals surface area contributed by atoms with Crippen LogP contribution < -0.4 is 0 Å². The van der Waals surface area contributed by atoms with Gasteiger partial charge in [-0.25, -0.2) is 0 Å². The molecular formula is C12H20O6. The van der Waals surface area contributed by atoms with Gasteiger partial charge in [0, 0.05) is 18.8 Å². The van der Waals surface area contributed by atoms with Crippen molar-refractivity contribution >= 4 is 24.5 Å². The normalized spacial score (nSPS) is 10.4. The van der Waals surface area contributed by atoms with Crippen LogP contribution in [0.15, 0.2) is 0 Å². The van der Waals surface area contributed by atoms with E-state index in [1.807, 2.05) is 0 Å². The van der Waals surface area contributed by atoms with Gasteiger partial charge in [0.05, 0.1) is 20.6 Å². The molecule has 0 heterocycles. The molecular weight excluding hydrogens is 240 g/mol. The van der Waals surface area contributed by atoms with Crippen molar-refractivity contribution in [3.05, 3.63) is 0 Å². The minimum Gasteiger partial charge on any atom is -0.469 e. The maximum Gasteiger partial charge on any atom is 0.306 e. The lowest BCUT2D eigenvalue weighted by atomic mass is 10.1. The predicted octanol–water partition coefficient (Wildman–Crippen LogP) is 0.913. The first kappa shape index (κ1) is 18.6. The minimum absolute atomic E-state index is 0.181. The topological polar surface area (TPSA) is 86.7 Å². The number of rotatable bonds is 7. The van der Waals surface area contributed by atoms with E-state index < -0.39 is 0 Å². The molecule has 0 saturated heterocycles. The van der Waals surface area contributed by atoms with Crippen molar-refractivity contribution < 1.29 is 28.7 Å². The number of ether oxygens (including phenoxy) is 2. The molecule has 0 spiro atoms. The average Bonchev–Trinajstić information content (AvgIpc) is 2.39. The molecule has 1 atom stereocenters. The van der Waals surface area contributed by atoms with E-state index >= 15 is 0 Å². The Bertz CT molecular complexity index is 261. The third-order valence-corrected chi connectivity index (χ3v) is 1.88. The van der Waals surface area contributed by atoms with Gasteiger partial charge in [0.25, 0.3) is 0 Å². The summed E-state index contributed by atoms with van der Waals surface area (Å²) in [5.41, 5.74) is 0. The summed E-state index contributed by atoms with van der Waals surface area (Å²) in [6, 6.07) is 0. The van der Waals surface area contributed by atoms with Gasteiger partial charge < -0.3 is 19.1 Å². The first-order chi connectivity index (χ1) is 8.51. The molecule has 0 aromatic carbocycles. The molecule has 0 fully saturated rings. The van der Waals surface area contributed by atoms with Crippen LogP contribution in [-0.4, -0.2) is 38.7 Å².